The SMILES string of the molecule is NCCCC[C@H](NC(=O)[C@H](Cc1ccc(O)cc1)NC(=O)[C@@H]1C[C@@H](O)CN1)C(=O)O. The second-order valence-corrected chi connectivity index (χ2v) is 7.47. The van der Waals surface area contributed by atoms with Gasteiger partial charge in [-0.05, 0) is 49.9 Å². The number of hydrogen-bond acceptors (Lipinski definition) is 7. The summed E-state index contributed by atoms with van der Waals surface area (Å²) in [6.07, 6.45) is 1.13. The van der Waals surface area contributed by atoms with Crippen molar-refractivity contribution in [2.24, 2.45) is 5.73 Å². The number of phenols is 1. The summed E-state index contributed by atoms with van der Waals surface area (Å²) in [6.45, 7) is 0.717. The number of β-amino-alcohol motifs (C(OH)–C–C–N with tert-alkyl or cyclic N) is 1. The molecule has 0 spiro atoms. The second kappa shape index (κ2) is 11.5. The van der Waals surface area contributed by atoms with Crippen LogP contribution in [-0.4, -0.2) is 70.4 Å². The maximum Gasteiger partial charge on any atom is 0.326 e. The van der Waals surface area contributed by atoms with Gasteiger partial charge in [0.1, 0.15) is 17.8 Å². The Morgan fingerprint density at radius 1 is 1.13 bits per heavy atom. The number of phenolic OH excluding ortho intramolecular Hbond substituents is 1. The number of aliphatic hydroxyl groups is 1. The topological polar surface area (TPSA) is 174 Å². The van der Waals surface area contributed by atoms with Crippen LogP contribution in [0.15, 0.2) is 24.3 Å². The predicted molar refractivity (Wildman–Crippen MR) is 109 cm³/mol. The molecule has 0 bridgehead atoms. The molecule has 1 heterocycles. The largest absolute Gasteiger partial charge is 0.508 e. The molecule has 10 nitrogen and oxygen atoms in total. The lowest BCUT2D eigenvalue weighted by atomic mass is 10.0. The number of nitrogens with one attached hydrogen (secondary N) is 3. The highest BCUT2D eigenvalue weighted by Gasteiger charge is 2.32. The number of carbonyl (C=O) groups excluding carboxylic acids is 2. The predicted octanol–water partition coefficient (Wildman–Crippen LogP) is -1.16. The smallest absolute Gasteiger partial charge is 0.326 e. The van der Waals surface area contributed by atoms with Crippen molar-refractivity contribution < 1.29 is 29.7 Å². The van der Waals surface area contributed by atoms with Gasteiger partial charge in [0.2, 0.25) is 11.8 Å². The van der Waals surface area contributed by atoms with Gasteiger partial charge in [-0.1, -0.05) is 12.1 Å². The Hall–Kier alpha value is -2.69. The molecule has 1 aliphatic rings. The van der Waals surface area contributed by atoms with Crippen LogP contribution >= 0.6 is 0 Å². The van der Waals surface area contributed by atoms with Crippen LogP contribution in [0, 0.1) is 0 Å². The van der Waals surface area contributed by atoms with Gasteiger partial charge in [0.15, 0.2) is 0 Å². The Labute approximate surface area is 174 Å². The average molecular weight is 422 g/mol. The van der Waals surface area contributed by atoms with E-state index < -0.39 is 42.0 Å². The van der Waals surface area contributed by atoms with E-state index in [0.29, 0.717) is 24.9 Å². The molecule has 4 atom stereocenters. The van der Waals surface area contributed by atoms with Gasteiger partial charge < -0.3 is 37.0 Å². The fourth-order valence-electron chi connectivity index (χ4n) is 3.29. The highest BCUT2D eigenvalue weighted by Crippen LogP contribution is 2.13. The highest BCUT2D eigenvalue weighted by molar-refractivity contribution is 5.92. The van der Waals surface area contributed by atoms with Crippen LogP contribution in [0.3, 0.4) is 0 Å². The number of carboxylic acids is 1. The zero-order valence-corrected chi connectivity index (χ0v) is 16.7. The number of unbranched alkanes of at least 4 members (excludes halogenated alkanes) is 1. The number of carboxylic acid groups (broad SMARTS) is 1. The molecule has 2 amide bonds. The van der Waals surface area contributed by atoms with E-state index in [9.17, 15) is 29.7 Å². The van der Waals surface area contributed by atoms with E-state index in [-0.39, 0.29) is 31.6 Å². The van der Waals surface area contributed by atoms with Gasteiger partial charge in [0.05, 0.1) is 12.1 Å². The Kier molecular flexibility index (Phi) is 9.03. The molecule has 0 unspecified atom stereocenters. The van der Waals surface area contributed by atoms with Crippen molar-refractivity contribution in [3.63, 3.8) is 0 Å². The molecule has 1 saturated heterocycles. The lowest BCUT2D eigenvalue weighted by Gasteiger charge is -2.23. The third-order valence-corrected chi connectivity index (χ3v) is 4.99. The van der Waals surface area contributed by atoms with Gasteiger partial charge in [-0.2, -0.15) is 0 Å². The summed E-state index contributed by atoms with van der Waals surface area (Å²) in [5.74, 6) is -2.15. The monoisotopic (exact) mass is 422 g/mol. The summed E-state index contributed by atoms with van der Waals surface area (Å²) in [5.41, 5.74) is 6.12. The summed E-state index contributed by atoms with van der Waals surface area (Å²) >= 11 is 0. The van der Waals surface area contributed by atoms with Gasteiger partial charge in [-0.3, -0.25) is 9.59 Å². The first-order valence-electron chi connectivity index (χ1n) is 10.0. The summed E-state index contributed by atoms with van der Waals surface area (Å²) in [4.78, 5) is 36.9. The van der Waals surface area contributed by atoms with Crippen LogP contribution < -0.4 is 21.7 Å². The number of aromatic hydroxyl groups is 1. The van der Waals surface area contributed by atoms with Crippen molar-refractivity contribution >= 4 is 17.8 Å². The van der Waals surface area contributed by atoms with E-state index in [1.165, 1.54) is 12.1 Å². The van der Waals surface area contributed by atoms with Crippen molar-refractivity contribution in [1.82, 2.24) is 16.0 Å². The third-order valence-electron chi connectivity index (χ3n) is 4.99. The molecule has 10 heteroatoms. The van der Waals surface area contributed by atoms with Crippen molar-refractivity contribution in [2.45, 2.75) is 56.3 Å². The minimum atomic E-state index is -1.16. The highest BCUT2D eigenvalue weighted by atomic mass is 16.4. The van der Waals surface area contributed by atoms with Crippen molar-refractivity contribution in [1.29, 1.82) is 0 Å². The third kappa shape index (κ3) is 7.29. The van der Waals surface area contributed by atoms with Crippen LogP contribution in [0.1, 0.15) is 31.2 Å². The zero-order valence-electron chi connectivity index (χ0n) is 16.7. The number of rotatable bonds is 11. The summed E-state index contributed by atoms with van der Waals surface area (Å²) in [6, 6.07) is 3.44. The van der Waals surface area contributed by atoms with Gasteiger partial charge >= 0.3 is 5.97 Å². The molecule has 2 rings (SSSR count). The van der Waals surface area contributed by atoms with E-state index in [4.69, 9.17) is 5.73 Å². The summed E-state index contributed by atoms with van der Waals surface area (Å²) in [5, 5.41) is 36.5. The van der Waals surface area contributed by atoms with Crippen LogP contribution in [0.5, 0.6) is 5.75 Å². The first kappa shape index (κ1) is 23.6. The lowest BCUT2D eigenvalue weighted by Crippen LogP contribution is -2.55. The van der Waals surface area contributed by atoms with Crippen LogP contribution in [-0.2, 0) is 20.8 Å². The number of carbonyl (C=O) groups is 3. The Balaban J connectivity index is 2.09. The molecule has 1 aliphatic heterocycles. The molecule has 30 heavy (non-hydrogen) atoms. The Morgan fingerprint density at radius 3 is 2.40 bits per heavy atom. The molecular formula is C20H30N4O6. The zero-order chi connectivity index (χ0) is 22.1. The molecule has 8 N–H and O–H groups in total. The summed E-state index contributed by atoms with van der Waals surface area (Å²) in [7, 11) is 0. The Morgan fingerprint density at radius 2 is 1.83 bits per heavy atom. The normalized spacial score (nSPS) is 20.3. The molecule has 0 aliphatic carbocycles. The van der Waals surface area contributed by atoms with Crippen LogP contribution in [0.2, 0.25) is 0 Å². The van der Waals surface area contributed by atoms with Crippen molar-refractivity contribution in [3.8, 4) is 5.75 Å². The average Bonchev–Trinajstić information content (AvgIpc) is 3.14. The Bertz CT molecular complexity index is 727. The van der Waals surface area contributed by atoms with Gasteiger partial charge in [0.25, 0.3) is 0 Å². The number of benzene rings is 1. The van der Waals surface area contributed by atoms with E-state index in [1.54, 1.807) is 12.1 Å². The summed E-state index contributed by atoms with van der Waals surface area (Å²) < 4.78 is 0. The minimum Gasteiger partial charge on any atom is -0.508 e. The van der Waals surface area contributed by atoms with E-state index in [2.05, 4.69) is 16.0 Å². The van der Waals surface area contributed by atoms with E-state index >= 15 is 0 Å². The number of nitrogens with two attached hydrogens (primary N) is 1. The first-order valence-corrected chi connectivity index (χ1v) is 10.0. The van der Waals surface area contributed by atoms with E-state index in [0.717, 1.165) is 0 Å². The molecule has 1 aromatic carbocycles. The molecule has 0 radical (unpaired) electrons. The van der Waals surface area contributed by atoms with Gasteiger partial charge in [0, 0.05) is 13.0 Å². The van der Waals surface area contributed by atoms with Crippen molar-refractivity contribution in [3.05, 3.63) is 29.8 Å². The lowest BCUT2D eigenvalue weighted by molar-refractivity contribution is -0.142. The standard InChI is InChI=1S/C20H30N4O6/c21-8-2-1-3-15(20(29)30)23-19(28)17(9-12-4-6-13(25)7-5-12)24-18(27)16-10-14(26)11-22-16/h4-7,14-17,22,25-26H,1-3,8-11,21H2,(H,23,28)(H,24,27)(H,29,30)/t14-,15+,16+,17+/m1/s1. The maximum atomic E-state index is 12.8. The molecule has 1 aromatic rings. The minimum absolute atomic E-state index is 0.0683. The van der Waals surface area contributed by atoms with Crippen molar-refractivity contribution in [2.75, 3.05) is 13.1 Å². The van der Waals surface area contributed by atoms with Gasteiger partial charge in [-0.15, -0.1) is 0 Å². The van der Waals surface area contributed by atoms with Crippen LogP contribution in [0.25, 0.3) is 0 Å². The van der Waals surface area contributed by atoms with Gasteiger partial charge in [-0.25, -0.2) is 4.79 Å². The molecule has 166 valence electrons. The van der Waals surface area contributed by atoms with Crippen LogP contribution in [0.4, 0.5) is 0 Å². The number of aliphatic hydroxyl groups excluding tert-OH is 1. The second-order valence-electron chi connectivity index (χ2n) is 7.47. The molecular weight excluding hydrogens is 392 g/mol. The molecule has 0 saturated carbocycles. The van der Waals surface area contributed by atoms with E-state index in [1.807, 2.05) is 0 Å². The molecule has 1 fully saturated rings. The fraction of sp³-hybridized carbons (Fsp3) is 0.550. The first-order chi connectivity index (χ1) is 14.3. The maximum absolute atomic E-state index is 12.8. The quantitative estimate of drug-likeness (QED) is 0.219. The fourth-order valence-corrected chi connectivity index (χ4v) is 3.29. The number of amides is 2. The number of hydrogen-bond donors (Lipinski definition) is 7. The molecule has 0 aromatic heterocycles. The number of aliphatic carboxylic acids is 1.